The van der Waals surface area contributed by atoms with Crippen molar-refractivity contribution >= 4 is 29.7 Å². The maximum atomic E-state index is 13.2. The Labute approximate surface area is 180 Å². The molecule has 0 aromatic rings. The van der Waals surface area contributed by atoms with Gasteiger partial charge in [-0.05, 0) is 38.0 Å². The molecular formula is C20H32N4O7. The van der Waals surface area contributed by atoms with Crippen LogP contribution in [0.3, 0.4) is 0 Å². The average molecular weight is 440 g/mol. The van der Waals surface area contributed by atoms with E-state index in [4.69, 9.17) is 10.8 Å². The molecule has 2 heterocycles. The number of carbonyl (C=O) groups excluding carboxylic acids is 3. The number of rotatable bonds is 9. The molecular weight excluding hydrogens is 408 g/mol. The highest BCUT2D eigenvalue weighted by Gasteiger charge is 2.43. The Balaban J connectivity index is 2.17. The summed E-state index contributed by atoms with van der Waals surface area (Å²) in [6, 6.07) is -3.72. The number of hydrogen-bond acceptors (Lipinski definition) is 6. The minimum Gasteiger partial charge on any atom is -0.481 e. The molecule has 4 unspecified atom stereocenters. The van der Waals surface area contributed by atoms with Crippen LogP contribution in [-0.2, 0) is 24.0 Å². The molecule has 0 aromatic heterocycles. The van der Waals surface area contributed by atoms with E-state index in [9.17, 15) is 29.1 Å². The number of nitrogens with one attached hydrogen (secondary N) is 1. The van der Waals surface area contributed by atoms with Gasteiger partial charge in [-0.2, -0.15) is 0 Å². The van der Waals surface area contributed by atoms with Crippen LogP contribution in [0.4, 0.5) is 0 Å². The predicted octanol–water partition coefficient (Wildman–Crippen LogP) is -0.614. The molecule has 2 rings (SSSR count). The van der Waals surface area contributed by atoms with Crippen molar-refractivity contribution < 1.29 is 34.2 Å². The van der Waals surface area contributed by atoms with Crippen molar-refractivity contribution in [2.24, 2.45) is 11.7 Å². The monoisotopic (exact) mass is 440 g/mol. The van der Waals surface area contributed by atoms with Crippen molar-refractivity contribution in [3.8, 4) is 0 Å². The zero-order chi connectivity index (χ0) is 23.3. The molecule has 2 fully saturated rings. The Hall–Kier alpha value is -2.69. The molecule has 4 atom stereocenters. The largest absolute Gasteiger partial charge is 0.481 e. The summed E-state index contributed by atoms with van der Waals surface area (Å²) in [5.74, 6) is -3.90. The van der Waals surface area contributed by atoms with Crippen LogP contribution in [0, 0.1) is 5.92 Å². The molecule has 11 heteroatoms. The zero-order valence-corrected chi connectivity index (χ0v) is 18.0. The lowest BCUT2D eigenvalue weighted by molar-refractivity contribution is -0.152. The fraction of sp³-hybridized carbons (Fsp3) is 0.750. The Bertz CT molecular complexity index is 726. The molecule has 3 amide bonds. The maximum absolute atomic E-state index is 13.2. The molecule has 2 saturated heterocycles. The fourth-order valence-corrected chi connectivity index (χ4v) is 4.06. The molecule has 5 N–H and O–H groups in total. The highest BCUT2D eigenvalue weighted by molar-refractivity contribution is 5.95. The third-order valence-corrected chi connectivity index (χ3v) is 5.92. The second-order valence-electron chi connectivity index (χ2n) is 8.48. The number of hydrogen-bond donors (Lipinski definition) is 4. The van der Waals surface area contributed by atoms with E-state index < -0.39 is 53.8 Å². The molecule has 0 aliphatic carbocycles. The van der Waals surface area contributed by atoms with Gasteiger partial charge in [-0.15, -0.1) is 0 Å². The number of nitrogens with zero attached hydrogens (tertiary/aromatic N) is 2. The van der Waals surface area contributed by atoms with E-state index in [0.29, 0.717) is 32.2 Å². The lowest BCUT2D eigenvalue weighted by Gasteiger charge is -2.32. The van der Waals surface area contributed by atoms with Crippen LogP contribution in [-0.4, -0.2) is 86.9 Å². The molecule has 0 aromatic carbocycles. The van der Waals surface area contributed by atoms with Gasteiger partial charge in [0.1, 0.15) is 18.1 Å². The van der Waals surface area contributed by atoms with Crippen molar-refractivity contribution in [1.82, 2.24) is 15.1 Å². The highest BCUT2D eigenvalue weighted by Crippen LogP contribution is 2.26. The van der Waals surface area contributed by atoms with E-state index in [1.54, 1.807) is 13.8 Å². The van der Waals surface area contributed by atoms with Crippen LogP contribution in [0.25, 0.3) is 0 Å². The van der Waals surface area contributed by atoms with Gasteiger partial charge in [-0.1, -0.05) is 13.8 Å². The molecule has 2 aliphatic heterocycles. The van der Waals surface area contributed by atoms with Crippen LogP contribution >= 0.6 is 0 Å². The molecule has 174 valence electrons. The summed E-state index contributed by atoms with van der Waals surface area (Å²) in [5.41, 5.74) is 5.85. The molecule has 0 spiro atoms. The molecule has 0 bridgehead atoms. The van der Waals surface area contributed by atoms with Gasteiger partial charge < -0.3 is 31.1 Å². The van der Waals surface area contributed by atoms with Gasteiger partial charge in [0.05, 0.1) is 6.04 Å². The van der Waals surface area contributed by atoms with Crippen molar-refractivity contribution in [2.75, 3.05) is 13.1 Å². The van der Waals surface area contributed by atoms with Crippen LogP contribution in [0.15, 0.2) is 0 Å². The number of amides is 3. The van der Waals surface area contributed by atoms with E-state index in [-0.39, 0.29) is 25.3 Å². The van der Waals surface area contributed by atoms with E-state index in [1.165, 1.54) is 9.80 Å². The van der Waals surface area contributed by atoms with Crippen LogP contribution in [0.2, 0.25) is 0 Å². The SMILES string of the molecule is CC(C)C(N)C(=O)NC(CCC(=O)O)C(=O)N1CCCC1C(=O)N1CCCC1C(=O)O. The Kier molecular flexibility index (Phi) is 8.37. The molecule has 11 nitrogen and oxygen atoms in total. The summed E-state index contributed by atoms with van der Waals surface area (Å²) >= 11 is 0. The second kappa shape index (κ2) is 10.6. The maximum Gasteiger partial charge on any atom is 0.326 e. The first-order valence-corrected chi connectivity index (χ1v) is 10.7. The summed E-state index contributed by atoms with van der Waals surface area (Å²) in [6.07, 6.45) is 1.41. The minimum absolute atomic E-state index is 0.135. The summed E-state index contributed by atoms with van der Waals surface area (Å²) in [6.45, 7) is 4.10. The second-order valence-corrected chi connectivity index (χ2v) is 8.48. The Morgan fingerprint density at radius 2 is 1.58 bits per heavy atom. The first-order chi connectivity index (χ1) is 14.5. The summed E-state index contributed by atoms with van der Waals surface area (Å²) in [5, 5.41) is 20.9. The van der Waals surface area contributed by atoms with Gasteiger partial charge in [-0.25, -0.2) is 4.79 Å². The minimum atomic E-state index is -1.13. The average Bonchev–Trinajstić information content (AvgIpc) is 3.38. The number of carboxylic acids is 2. The van der Waals surface area contributed by atoms with Crippen molar-refractivity contribution in [2.45, 2.75) is 76.5 Å². The molecule has 31 heavy (non-hydrogen) atoms. The van der Waals surface area contributed by atoms with Crippen LogP contribution < -0.4 is 11.1 Å². The summed E-state index contributed by atoms with van der Waals surface area (Å²) in [4.78, 5) is 63.8. The molecule has 0 radical (unpaired) electrons. The number of aliphatic carboxylic acids is 2. The van der Waals surface area contributed by atoms with E-state index >= 15 is 0 Å². The predicted molar refractivity (Wildman–Crippen MR) is 109 cm³/mol. The smallest absolute Gasteiger partial charge is 0.326 e. The van der Waals surface area contributed by atoms with Crippen molar-refractivity contribution in [3.63, 3.8) is 0 Å². The first kappa shape index (κ1) is 24.6. The standard InChI is InChI=1S/C20H32N4O7/c1-11(2)16(21)17(27)22-12(7-8-15(25)26)18(28)23-9-3-5-13(23)19(29)24-10-4-6-14(24)20(30)31/h11-14,16H,3-10,21H2,1-2H3,(H,22,27)(H,25,26)(H,30,31). The summed E-state index contributed by atoms with van der Waals surface area (Å²) < 4.78 is 0. The zero-order valence-electron chi connectivity index (χ0n) is 18.0. The fourth-order valence-electron chi connectivity index (χ4n) is 4.06. The lowest BCUT2D eigenvalue weighted by atomic mass is 10.0. The third kappa shape index (κ3) is 5.93. The molecule has 0 saturated carbocycles. The van der Waals surface area contributed by atoms with Crippen LogP contribution in [0.5, 0.6) is 0 Å². The van der Waals surface area contributed by atoms with Gasteiger partial charge in [-0.3, -0.25) is 19.2 Å². The number of likely N-dealkylation sites (tertiary alicyclic amines) is 2. The topological polar surface area (TPSA) is 170 Å². The normalized spacial score (nSPS) is 23.0. The number of nitrogens with two attached hydrogens (primary N) is 1. The van der Waals surface area contributed by atoms with Crippen LogP contribution in [0.1, 0.15) is 52.4 Å². The van der Waals surface area contributed by atoms with E-state index in [1.807, 2.05) is 0 Å². The Morgan fingerprint density at radius 1 is 1.00 bits per heavy atom. The quantitative estimate of drug-likeness (QED) is 0.368. The Morgan fingerprint density at radius 3 is 2.13 bits per heavy atom. The lowest BCUT2D eigenvalue weighted by Crippen LogP contribution is -2.57. The van der Waals surface area contributed by atoms with E-state index in [0.717, 1.165) is 0 Å². The third-order valence-electron chi connectivity index (χ3n) is 5.92. The van der Waals surface area contributed by atoms with Gasteiger partial charge in [0, 0.05) is 19.5 Å². The number of carboxylic acid groups (broad SMARTS) is 2. The van der Waals surface area contributed by atoms with Crippen molar-refractivity contribution in [1.29, 1.82) is 0 Å². The van der Waals surface area contributed by atoms with Gasteiger partial charge >= 0.3 is 11.9 Å². The molecule has 2 aliphatic rings. The van der Waals surface area contributed by atoms with Gasteiger partial charge in [0.25, 0.3) is 0 Å². The highest BCUT2D eigenvalue weighted by atomic mass is 16.4. The van der Waals surface area contributed by atoms with Crippen molar-refractivity contribution in [3.05, 3.63) is 0 Å². The summed E-state index contributed by atoms with van der Waals surface area (Å²) in [7, 11) is 0. The van der Waals surface area contributed by atoms with Gasteiger partial charge in [0.2, 0.25) is 17.7 Å². The van der Waals surface area contributed by atoms with Gasteiger partial charge in [0.15, 0.2) is 0 Å². The number of carbonyl (C=O) groups is 5. The van der Waals surface area contributed by atoms with E-state index in [2.05, 4.69) is 5.32 Å². The first-order valence-electron chi connectivity index (χ1n) is 10.7.